The number of hydrogen-bond donors (Lipinski definition) is 1. The fraction of sp³-hybridized carbons (Fsp3) is 0.381. The molecule has 0 radical (unpaired) electrons. The number of carbonyl (C=O) groups excluding carboxylic acids is 1. The molecule has 1 N–H and O–H groups in total. The van der Waals surface area contributed by atoms with Gasteiger partial charge in [0.25, 0.3) is 0 Å². The molecule has 1 fully saturated rings. The van der Waals surface area contributed by atoms with Crippen molar-refractivity contribution in [2.45, 2.75) is 30.6 Å². The summed E-state index contributed by atoms with van der Waals surface area (Å²) in [6.07, 6.45) is 2.88. The molecule has 0 aromatic heterocycles. The first-order valence-electron chi connectivity index (χ1n) is 9.64. The van der Waals surface area contributed by atoms with Crippen LogP contribution in [0.15, 0.2) is 53.4 Å². The number of benzene rings is 2. The van der Waals surface area contributed by atoms with Gasteiger partial charge in [0.05, 0.1) is 10.8 Å². The summed E-state index contributed by atoms with van der Waals surface area (Å²) in [6, 6.07) is 12.4. The largest absolute Gasteiger partial charge is 0.356 e. The summed E-state index contributed by atoms with van der Waals surface area (Å²) in [5, 5.41) is 3.61. The molecule has 2 aromatic rings. The molecule has 3 rings (SSSR count). The molecule has 1 atom stereocenters. The van der Waals surface area contributed by atoms with Crippen molar-refractivity contribution >= 4 is 27.5 Å². The molecule has 8 heteroatoms. The van der Waals surface area contributed by atoms with E-state index in [0.29, 0.717) is 31.0 Å². The monoisotopic (exact) mass is 438 g/mol. The van der Waals surface area contributed by atoms with Crippen LogP contribution in [-0.2, 0) is 21.2 Å². The van der Waals surface area contributed by atoms with Crippen LogP contribution in [0.2, 0.25) is 5.02 Å². The third-order valence-electron chi connectivity index (χ3n) is 5.06. The van der Waals surface area contributed by atoms with Crippen molar-refractivity contribution in [3.63, 3.8) is 0 Å². The van der Waals surface area contributed by atoms with Crippen LogP contribution in [0, 0.1) is 11.7 Å². The number of rotatable bonds is 7. The van der Waals surface area contributed by atoms with Gasteiger partial charge < -0.3 is 5.32 Å². The van der Waals surface area contributed by atoms with E-state index < -0.39 is 15.8 Å². The van der Waals surface area contributed by atoms with Crippen LogP contribution in [0.3, 0.4) is 0 Å². The van der Waals surface area contributed by atoms with Crippen LogP contribution in [0.1, 0.15) is 24.8 Å². The van der Waals surface area contributed by atoms with E-state index in [4.69, 9.17) is 11.6 Å². The quantitative estimate of drug-likeness (QED) is 0.671. The van der Waals surface area contributed by atoms with E-state index >= 15 is 0 Å². The van der Waals surface area contributed by atoms with E-state index in [9.17, 15) is 17.6 Å². The predicted octanol–water partition coefficient (Wildman–Crippen LogP) is 3.63. The second-order valence-electron chi connectivity index (χ2n) is 7.18. The third-order valence-corrected chi connectivity index (χ3v) is 7.19. The highest BCUT2D eigenvalue weighted by molar-refractivity contribution is 7.89. The number of piperidine rings is 1. The van der Waals surface area contributed by atoms with Crippen LogP contribution >= 0.6 is 11.6 Å². The Kier molecular flexibility index (Phi) is 7.27. The van der Waals surface area contributed by atoms with Gasteiger partial charge in [0.2, 0.25) is 15.9 Å². The average molecular weight is 439 g/mol. The van der Waals surface area contributed by atoms with Gasteiger partial charge in [-0.15, -0.1) is 0 Å². The van der Waals surface area contributed by atoms with E-state index in [2.05, 4.69) is 5.32 Å². The summed E-state index contributed by atoms with van der Waals surface area (Å²) in [5.74, 6) is -0.993. The molecule has 1 aliphatic rings. The minimum Gasteiger partial charge on any atom is -0.356 e. The van der Waals surface area contributed by atoms with Gasteiger partial charge in [-0.3, -0.25) is 4.79 Å². The molecule has 156 valence electrons. The van der Waals surface area contributed by atoms with Gasteiger partial charge in [0.15, 0.2) is 0 Å². The molecule has 0 saturated carbocycles. The minimum absolute atomic E-state index is 0.0444. The second kappa shape index (κ2) is 9.69. The van der Waals surface area contributed by atoms with Crippen molar-refractivity contribution in [2.75, 3.05) is 19.6 Å². The smallest absolute Gasteiger partial charge is 0.243 e. The van der Waals surface area contributed by atoms with Crippen molar-refractivity contribution in [1.82, 2.24) is 9.62 Å². The number of amides is 1. The fourth-order valence-electron chi connectivity index (χ4n) is 3.43. The van der Waals surface area contributed by atoms with E-state index in [0.717, 1.165) is 30.5 Å². The molecule has 0 bridgehead atoms. The zero-order valence-electron chi connectivity index (χ0n) is 16.0. The zero-order valence-corrected chi connectivity index (χ0v) is 17.6. The molecule has 1 heterocycles. The summed E-state index contributed by atoms with van der Waals surface area (Å²) in [6.45, 7) is 1.03. The van der Waals surface area contributed by atoms with Gasteiger partial charge >= 0.3 is 0 Å². The average Bonchev–Trinajstić information content (AvgIpc) is 2.73. The summed E-state index contributed by atoms with van der Waals surface area (Å²) in [5.41, 5.74) is 1.15. The zero-order chi connectivity index (χ0) is 20.9. The first-order chi connectivity index (χ1) is 13.9. The van der Waals surface area contributed by atoms with Gasteiger partial charge in [-0.25, -0.2) is 12.8 Å². The highest BCUT2D eigenvalue weighted by Crippen LogP contribution is 2.24. The molecule has 0 unspecified atom stereocenters. The topological polar surface area (TPSA) is 66.5 Å². The molecular formula is C21H24ClFN2O3S. The first-order valence-corrected chi connectivity index (χ1v) is 11.5. The highest BCUT2D eigenvalue weighted by Gasteiger charge is 2.33. The Morgan fingerprint density at radius 3 is 2.52 bits per heavy atom. The maximum absolute atomic E-state index is 13.1. The van der Waals surface area contributed by atoms with Crippen LogP contribution in [0.4, 0.5) is 4.39 Å². The van der Waals surface area contributed by atoms with E-state index in [1.807, 2.05) is 24.3 Å². The van der Waals surface area contributed by atoms with E-state index in [1.54, 1.807) is 0 Å². The Balaban J connectivity index is 1.51. The summed E-state index contributed by atoms with van der Waals surface area (Å²) in [4.78, 5) is 12.6. The first kappa shape index (κ1) is 21.7. The summed E-state index contributed by atoms with van der Waals surface area (Å²) < 4.78 is 40.0. The molecular weight excluding hydrogens is 415 g/mol. The molecule has 1 aliphatic heterocycles. The SMILES string of the molecule is O=C(NCCCc1ccc(Cl)cc1)[C@H]1CCCN(S(=O)(=O)c2ccc(F)cc2)C1. The highest BCUT2D eigenvalue weighted by atomic mass is 35.5. The number of aryl methyl sites for hydroxylation is 1. The van der Waals surface area contributed by atoms with Crippen molar-refractivity contribution < 1.29 is 17.6 Å². The summed E-state index contributed by atoms with van der Waals surface area (Å²) >= 11 is 5.87. The Morgan fingerprint density at radius 2 is 1.83 bits per heavy atom. The van der Waals surface area contributed by atoms with E-state index in [1.165, 1.54) is 16.4 Å². The Bertz CT molecular complexity index is 933. The second-order valence-corrected chi connectivity index (χ2v) is 9.55. The normalized spacial score (nSPS) is 17.8. The van der Waals surface area contributed by atoms with Gasteiger partial charge in [-0.1, -0.05) is 23.7 Å². The molecule has 5 nitrogen and oxygen atoms in total. The van der Waals surface area contributed by atoms with Crippen LogP contribution in [0.5, 0.6) is 0 Å². The lowest BCUT2D eigenvalue weighted by molar-refractivity contribution is -0.126. The number of carbonyl (C=O) groups is 1. The van der Waals surface area contributed by atoms with Crippen LogP contribution < -0.4 is 5.32 Å². The number of hydrogen-bond acceptors (Lipinski definition) is 3. The lowest BCUT2D eigenvalue weighted by atomic mass is 9.99. The third kappa shape index (κ3) is 5.78. The Morgan fingerprint density at radius 1 is 1.14 bits per heavy atom. The Hall–Kier alpha value is -1.96. The fourth-order valence-corrected chi connectivity index (χ4v) is 5.08. The van der Waals surface area contributed by atoms with Crippen molar-refractivity contribution in [3.05, 3.63) is 64.9 Å². The number of halogens is 2. The van der Waals surface area contributed by atoms with E-state index in [-0.39, 0.29) is 23.3 Å². The molecule has 1 saturated heterocycles. The van der Waals surface area contributed by atoms with Crippen LogP contribution in [0.25, 0.3) is 0 Å². The van der Waals surface area contributed by atoms with Crippen molar-refractivity contribution in [2.24, 2.45) is 5.92 Å². The molecule has 29 heavy (non-hydrogen) atoms. The van der Waals surface area contributed by atoms with Gasteiger partial charge in [0.1, 0.15) is 5.82 Å². The Labute approximate surface area is 175 Å². The van der Waals surface area contributed by atoms with Crippen molar-refractivity contribution in [3.8, 4) is 0 Å². The van der Waals surface area contributed by atoms with Gasteiger partial charge in [-0.05, 0) is 67.6 Å². The standard InChI is InChI=1S/C21H24ClFN2O3S/c22-18-7-5-16(6-8-18)3-1-13-24-21(26)17-4-2-14-25(15-17)29(27,28)20-11-9-19(23)10-12-20/h5-12,17H,1-4,13-15H2,(H,24,26)/t17-/m0/s1. The van der Waals surface area contributed by atoms with Crippen LogP contribution in [-0.4, -0.2) is 38.3 Å². The number of nitrogens with zero attached hydrogens (tertiary/aromatic N) is 1. The molecule has 0 aliphatic carbocycles. The molecule has 0 spiro atoms. The number of nitrogens with one attached hydrogen (secondary N) is 1. The van der Waals surface area contributed by atoms with Crippen molar-refractivity contribution in [1.29, 1.82) is 0 Å². The lowest BCUT2D eigenvalue weighted by Gasteiger charge is -2.31. The molecule has 2 aromatic carbocycles. The van der Waals surface area contributed by atoms with Gasteiger partial charge in [-0.2, -0.15) is 4.31 Å². The predicted molar refractivity (Wildman–Crippen MR) is 111 cm³/mol. The maximum atomic E-state index is 13.1. The number of sulfonamides is 1. The lowest BCUT2D eigenvalue weighted by Crippen LogP contribution is -2.45. The summed E-state index contributed by atoms with van der Waals surface area (Å²) in [7, 11) is -3.73. The maximum Gasteiger partial charge on any atom is 0.243 e. The minimum atomic E-state index is -3.73. The molecule has 1 amide bonds. The van der Waals surface area contributed by atoms with Gasteiger partial charge in [0, 0.05) is 24.7 Å².